The van der Waals surface area contributed by atoms with Gasteiger partial charge < -0.3 is 5.73 Å². The molecule has 1 amide bonds. The summed E-state index contributed by atoms with van der Waals surface area (Å²) in [5, 5.41) is 0. The van der Waals surface area contributed by atoms with Crippen LogP contribution >= 0.6 is 12.4 Å². The van der Waals surface area contributed by atoms with Crippen molar-refractivity contribution in [3.05, 3.63) is 34.9 Å². The normalized spacial score (nSPS) is 13.1. The van der Waals surface area contributed by atoms with E-state index in [9.17, 15) is 4.79 Å². The number of carbonyl (C=O) groups excluding carboxylic acids is 1. The van der Waals surface area contributed by atoms with Crippen LogP contribution in [-0.2, 0) is 24.1 Å². The van der Waals surface area contributed by atoms with Crippen LogP contribution < -0.4 is 5.73 Å². The molecular weight excluding hydrogens is 198 g/mol. The second kappa shape index (κ2) is 4.47. The number of primary amides is 1. The molecule has 0 spiro atoms. The van der Waals surface area contributed by atoms with Gasteiger partial charge in [0.2, 0.25) is 5.91 Å². The van der Waals surface area contributed by atoms with Crippen molar-refractivity contribution >= 4 is 18.3 Å². The Morgan fingerprint density at radius 3 is 2.71 bits per heavy atom. The SMILES string of the molecule is Cl.NC(=O)Cc1ccc2c(c1)CCC2. The molecule has 0 aromatic heterocycles. The van der Waals surface area contributed by atoms with E-state index in [0.717, 1.165) is 12.0 Å². The van der Waals surface area contributed by atoms with E-state index < -0.39 is 0 Å². The van der Waals surface area contributed by atoms with Crippen LogP contribution in [0.4, 0.5) is 0 Å². The summed E-state index contributed by atoms with van der Waals surface area (Å²) in [6.07, 6.45) is 3.96. The maximum absolute atomic E-state index is 10.7. The van der Waals surface area contributed by atoms with Crippen molar-refractivity contribution in [2.75, 3.05) is 0 Å². The largest absolute Gasteiger partial charge is 0.369 e. The first-order valence-electron chi connectivity index (χ1n) is 4.65. The van der Waals surface area contributed by atoms with Gasteiger partial charge in [-0.1, -0.05) is 18.2 Å². The second-order valence-electron chi connectivity index (χ2n) is 3.60. The third-order valence-corrected chi connectivity index (χ3v) is 2.54. The van der Waals surface area contributed by atoms with Gasteiger partial charge in [0, 0.05) is 0 Å². The zero-order chi connectivity index (χ0) is 9.26. The number of nitrogens with two attached hydrogens (primary N) is 1. The number of hydrogen-bond donors (Lipinski definition) is 1. The van der Waals surface area contributed by atoms with Crippen molar-refractivity contribution in [1.29, 1.82) is 0 Å². The van der Waals surface area contributed by atoms with Crippen molar-refractivity contribution in [3.8, 4) is 0 Å². The molecule has 2 rings (SSSR count). The van der Waals surface area contributed by atoms with E-state index in [1.165, 1.54) is 24.0 Å². The molecular formula is C11H14ClNO. The van der Waals surface area contributed by atoms with Crippen LogP contribution in [0.2, 0.25) is 0 Å². The van der Waals surface area contributed by atoms with Crippen LogP contribution in [0.15, 0.2) is 18.2 Å². The number of rotatable bonds is 2. The van der Waals surface area contributed by atoms with Gasteiger partial charge in [0.1, 0.15) is 0 Å². The molecule has 76 valence electrons. The molecule has 1 aliphatic carbocycles. The summed E-state index contributed by atoms with van der Waals surface area (Å²) in [5.41, 5.74) is 9.02. The van der Waals surface area contributed by atoms with E-state index in [0.29, 0.717) is 6.42 Å². The molecule has 0 unspecified atom stereocenters. The van der Waals surface area contributed by atoms with Gasteiger partial charge in [0.25, 0.3) is 0 Å². The highest BCUT2D eigenvalue weighted by molar-refractivity contribution is 5.85. The average Bonchev–Trinajstić information content (AvgIpc) is 2.49. The van der Waals surface area contributed by atoms with E-state index >= 15 is 0 Å². The zero-order valence-corrected chi connectivity index (χ0v) is 8.77. The fourth-order valence-corrected chi connectivity index (χ4v) is 1.94. The standard InChI is InChI=1S/C11H13NO.ClH/c12-11(13)7-8-4-5-9-2-1-3-10(9)6-8;/h4-6H,1-3,7H2,(H2,12,13);1H. The summed E-state index contributed by atoms with van der Waals surface area (Å²) in [6.45, 7) is 0. The summed E-state index contributed by atoms with van der Waals surface area (Å²) < 4.78 is 0. The lowest BCUT2D eigenvalue weighted by Crippen LogP contribution is -2.13. The first-order chi connectivity index (χ1) is 6.25. The molecule has 0 fully saturated rings. The fourth-order valence-electron chi connectivity index (χ4n) is 1.94. The molecule has 3 heteroatoms. The lowest BCUT2D eigenvalue weighted by Gasteiger charge is -2.02. The molecule has 14 heavy (non-hydrogen) atoms. The van der Waals surface area contributed by atoms with Gasteiger partial charge in [-0.15, -0.1) is 12.4 Å². The van der Waals surface area contributed by atoms with Crippen LogP contribution in [0.5, 0.6) is 0 Å². The van der Waals surface area contributed by atoms with Gasteiger partial charge in [-0.05, 0) is 36.0 Å². The Balaban J connectivity index is 0.000000980. The first kappa shape index (κ1) is 11.1. The van der Waals surface area contributed by atoms with Crippen molar-refractivity contribution in [3.63, 3.8) is 0 Å². The molecule has 1 aromatic carbocycles. The Bertz CT molecular complexity index is 349. The second-order valence-corrected chi connectivity index (χ2v) is 3.60. The average molecular weight is 212 g/mol. The van der Waals surface area contributed by atoms with E-state index in [1.807, 2.05) is 6.07 Å². The van der Waals surface area contributed by atoms with E-state index in [-0.39, 0.29) is 18.3 Å². The Morgan fingerprint density at radius 2 is 2.00 bits per heavy atom. The zero-order valence-electron chi connectivity index (χ0n) is 7.95. The van der Waals surface area contributed by atoms with Crippen molar-refractivity contribution in [2.24, 2.45) is 5.73 Å². The van der Waals surface area contributed by atoms with E-state index in [2.05, 4.69) is 12.1 Å². The molecule has 0 bridgehead atoms. The molecule has 0 saturated carbocycles. The molecule has 2 N–H and O–H groups in total. The molecule has 0 atom stereocenters. The molecule has 0 aliphatic heterocycles. The number of benzene rings is 1. The number of hydrogen-bond acceptors (Lipinski definition) is 1. The third-order valence-electron chi connectivity index (χ3n) is 2.54. The lowest BCUT2D eigenvalue weighted by molar-refractivity contribution is -0.117. The Kier molecular flexibility index (Phi) is 3.53. The van der Waals surface area contributed by atoms with Crippen molar-refractivity contribution < 1.29 is 4.79 Å². The summed E-state index contributed by atoms with van der Waals surface area (Å²) in [6, 6.07) is 6.25. The Hall–Kier alpha value is -1.02. The van der Waals surface area contributed by atoms with Crippen LogP contribution in [-0.4, -0.2) is 5.91 Å². The summed E-state index contributed by atoms with van der Waals surface area (Å²) in [7, 11) is 0. The maximum atomic E-state index is 10.7. The van der Waals surface area contributed by atoms with Gasteiger partial charge in [0.15, 0.2) is 0 Å². The van der Waals surface area contributed by atoms with Crippen LogP contribution in [0, 0.1) is 0 Å². The van der Waals surface area contributed by atoms with Gasteiger partial charge >= 0.3 is 0 Å². The minimum Gasteiger partial charge on any atom is -0.369 e. The molecule has 1 aromatic rings. The minimum absolute atomic E-state index is 0. The Morgan fingerprint density at radius 1 is 1.29 bits per heavy atom. The number of carbonyl (C=O) groups is 1. The number of aryl methyl sites for hydroxylation is 2. The molecule has 0 heterocycles. The maximum Gasteiger partial charge on any atom is 0.221 e. The van der Waals surface area contributed by atoms with Gasteiger partial charge in [-0.2, -0.15) is 0 Å². The van der Waals surface area contributed by atoms with Crippen molar-refractivity contribution in [2.45, 2.75) is 25.7 Å². The summed E-state index contributed by atoms with van der Waals surface area (Å²) in [5.74, 6) is -0.252. The number of fused-ring (bicyclic) bond motifs is 1. The van der Waals surface area contributed by atoms with Crippen LogP contribution in [0.3, 0.4) is 0 Å². The highest BCUT2D eigenvalue weighted by atomic mass is 35.5. The van der Waals surface area contributed by atoms with Gasteiger partial charge in [-0.3, -0.25) is 4.79 Å². The van der Waals surface area contributed by atoms with Crippen molar-refractivity contribution in [1.82, 2.24) is 0 Å². The minimum atomic E-state index is -0.252. The smallest absolute Gasteiger partial charge is 0.221 e. The monoisotopic (exact) mass is 211 g/mol. The van der Waals surface area contributed by atoms with Crippen LogP contribution in [0.1, 0.15) is 23.1 Å². The quantitative estimate of drug-likeness (QED) is 0.794. The highest BCUT2D eigenvalue weighted by Crippen LogP contribution is 2.22. The van der Waals surface area contributed by atoms with Crippen LogP contribution in [0.25, 0.3) is 0 Å². The topological polar surface area (TPSA) is 43.1 Å². The molecule has 0 radical (unpaired) electrons. The third kappa shape index (κ3) is 2.26. The fraction of sp³-hybridized carbons (Fsp3) is 0.364. The predicted octanol–water partition coefficient (Wildman–Crippen LogP) is 1.62. The predicted molar refractivity (Wildman–Crippen MR) is 58.6 cm³/mol. The van der Waals surface area contributed by atoms with E-state index in [4.69, 9.17) is 5.73 Å². The highest BCUT2D eigenvalue weighted by Gasteiger charge is 2.10. The Labute approximate surface area is 89.9 Å². The molecule has 2 nitrogen and oxygen atoms in total. The van der Waals surface area contributed by atoms with Gasteiger partial charge in [-0.25, -0.2) is 0 Å². The summed E-state index contributed by atoms with van der Waals surface area (Å²) >= 11 is 0. The van der Waals surface area contributed by atoms with Gasteiger partial charge in [0.05, 0.1) is 6.42 Å². The number of amides is 1. The van der Waals surface area contributed by atoms with E-state index in [1.54, 1.807) is 0 Å². The molecule has 0 saturated heterocycles. The lowest BCUT2D eigenvalue weighted by atomic mass is 10.0. The first-order valence-corrected chi connectivity index (χ1v) is 4.65. The molecule has 1 aliphatic rings. The summed E-state index contributed by atoms with van der Waals surface area (Å²) in [4.78, 5) is 10.7. The number of halogens is 1.